The van der Waals surface area contributed by atoms with Crippen molar-refractivity contribution in [1.82, 2.24) is 5.32 Å². The molecule has 1 unspecified atom stereocenters. The van der Waals surface area contributed by atoms with Crippen LogP contribution in [0.1, 0.15) is 44.2 Å². The largest absolute Gasteiger partial charge is 0.310 e. The highest BCUT2D eigenvalue weighted by Crippen LogP contribution is 2.36. The predicted molar refractivity (Wildman–Crippen MR) is 72.5 cm³/mol. The summed E-state index contributed by atoms with van der Waals surface area (Å²) in [5, 5.41) is 3.45. The van der Waals surface area contributed by atoms with Crippen LogP contribution in [0.5, 0.6) is 0 Å². The zero-order valence-corrected chi connectivity index (χ0v) is 11.8. The second kappa shape index (κ2) is 5.96. The summed E-state index contributed by atoms with van der Waals surface area (Å²) < 4.78 is 14.1. The minimum absolute atomic E-state index is 0.170. The third-order valence-electron chi connectivity index (χ3n) is 3.36. The maximum Gasteiger partial charge on any atom is 0.137 e. The summed E-state index contributed by atoms with van der Waals surface area (Å²) in [4.78, 5) is 0. The zero-order chi connectivity index (χ0) is 12.3. The lowest BCUT2D eigenvalue weighted by molar-refractivity contribution is 0.478. The molecular formula is C14H19BrFN. The molecule has 1 N–H and O–H groups in total. The molecule has 3 heteroatoms. The van der Waals surface area contributed by atoms with Gasteiger partial charge in [0.05, 0.1) is 4.47 Å². The molecule has 1 saturated carbocycles. The highest BCUT2D eigenvalue weighted by atomic mass is 79.9. The van der Waals surface area contributed by atoms with Crippen molar-refractivity contribution in [2.24, 2.45) is 5.92 Å². The van der Waals surface area contributed by atoms with Gasteiger partial charge in [0.15, 0.2) is 0 Å². The van der Waals surface area contributed by atoms with Crippen LogP contribution in [-0.4, -0.2) is 6.54 Å². The van der Waals surface area contributed by atoms with Crippen molar-refractivity contribution in [2.45, 2.75) is 38.6 Å². The Morgan fingerprint density at radius 1 is 1.47 bits per heavy atom. The van der Waals surface area contributed by atoms with Crippen LogP contribution in [0, 0.1) is 11.7 Å². The van der Waals surface area contributed by atoms with Crippen molar-refractivity contribution < 1.29 is 4.39 Å². The molecule has 1 aliphatic rings. The van der Waals surface area contributed by atoms with Gasteiger partial charge >= 0.3 is 0 Å². The van der Waals surface area contributed by atoms with E-state index in [1.807, 2.05) is 6.07 Å². The number of halogens is 2. The van der Waals surface area contributed by atoms with Gasteiger partial charge in [-0.3, -0.25) is 0 Å². The fourth-order valence-corrected chi connectivity index (χ4v) is 2.42. The van der Waals surface area contributed by atoms with Gasteiger partial charge in [-0.1, -0.05) is 25.8 Å². The molecule has 0 radical (unpaired) electrons. The average molecular weight is 300 g/mol. The second-order valence-corrected chi connectivity index (χ2v) is 5.66. The first-order valence-corrected chi connectivity index (χ1v) is 7.18. The first-order chi connectivity index (χ1) is 8.20. The molecule has 0 aromatic heterocycles. The van der Waals surface area contributed by atoms with Crippen LogP contribution >= 0.6 is 15.9 Å². The molecule has 1 fully saturated rings. The van der Waals surface area contributed by atoms with E-state index >= 15 is 0 Å². The summed E-state index contributed by atoms with van der Waals surface area (Å²) in [7, 11) is 0. The van der Waals surface area contributed by atoms with Crippen LogP contribution in [0.2, 0.25) is 0 Å². The van der Waals surface area contributed by atoms with Crippen LogP contribution in [-0.2, 0) is 0 Å². The maximum atomic E-state index is 13.5. The van der Waals surface area contributed by atoms with Gasteiger partial charge in [-0.2, -0.15) is 0 Å². The number of hydrogen-bond donors (Lipinski definition) is 1. The molecule has 0 heterocycles. The molecule has 0 bridgehead atoms. The van der Waals surface area contributed by atoms with Gasteiger partial charge in [0.25, 0.3) is 0 Å². The Morgan fingerprint density at radius 2 is 2.24 bits per heavy atom. The van der Waals surface area contributed by atoms with Crippen LogP contribution in [0.15, 0.2) is 22.7 Å². The van der Waals surface area contributed by atoms with Crippen molar-refractivity contribution in [1.29, 1.82) is 0 Å². The van der Waals surface area contributed by atoms with Gasteiger partial charge in [0.1, 0.15) is 5.82 Å². The summed E-state index contributed by atoms with van der Waals surface area (Å²) >= 11 is 3.19. The van der Waals surface area contributed by atoms with Gasteiger partial charge in [-0.25, -0.2) is 4.39 Å². The molecule has 1 nitrogen and oxygen atoms in total. The van der Waals surface area contributed by atoms with Gasteiger partial charge in [-0.15, -0.1) is 0 Å². The van der Waals surface area contributed by atoms with E-state index in [9.17, 15) is 4.39 Å². The molecular weight excluding hydrogens is 281 g/mol. The molecule has 17 heavy (non-hydrogen) atoms. The Morgan fingerprint density at radius 3 is 2.82 bits per heavy atom. The number of rotatable bonds is 6. The fourth-order valence-electron chi connectivity index (χ4n) is 2.17. The minimum atomic E-state index is -0.170. The Labute approximate surface area is 111 Å². The number of nitrogens with one attached hydrogen (secondary N) is 1. The summed E-state index contributed by atoms with van der Waals surface area (Å²) in [6.07, 6.45) is 5.13. The quantitative estimate of drug-likeness (QED) is 0.819. The highest BCUT2D eigenvalue weighted by molar-refractivity contribution is 9.10. The van der Waals surface area contributed by atoms with Crippen molar-refractivity contribution in [2.75, 3.05) is 6.54 Å². The van der Waals surface area contributed by atoms with Gasteiger partial charge in [-0.05, 0) is 58.9 Å². The standard InChI is InChI=1S/C14H19BrFN/c1-2-17-14(8-5-10-3-4-10)11-6-7-12(15)13(16)9-11/h6-7,9-10,14,17H,2-5,8H2,1H3. The molecule has 0 amide bonds. The van der Waals surface area contributed by atoms with Gasteiger partial charge in [0.2, 0.25) is 0 Å². The van der Waals surface area contributed by atoms with E-state index < -0.39 is 0 Å². The Hall–Kier alpha value is -0.410. The zero-order valence-electron chi connectivity index (χ0n) is 10.2. The lowest BCUT2D eigenvalue weighted by atomic mass is 10.0. The lowest BCUT2D eigenvalue weighted by Crippen LogP contribution is -2.21. The van der Waals surface area contributed by atoms with Gasteiger partial charge in [0, 0.05) is 6.04 Å². The van der Waals surface area contributed by atoms with E-state index in [0.29, 0.717) is 10.5 Å². The Balaban J connectivity index is 2.03. The van der Waals surface area contributed by atoms with Crippen molar-refractivity contribution in [3.63, 3.8) is 0 Å². The molecule has 1 aromatic rings. The third-order valence-corrected chi connectivity index (χ3v) is 4.00. The summed E-state index contributed by atoms with van der Waals surface area (Å²) in [6.45, 7) is 3.02. The summed E-state index contributed by atoms with van der Waals surface area (Å²) in [5.41, 5.74) is 1.06. The molecule has 2 rings (SSSR count). The lowest BCUT2D eigenvalue weighted by Gasteiger charge is -2.18. The predicted octanol–water partition coefficient (Wildman–Crippen LogP) is 4.43. The van der Waals surface area contributed by atoms with Crippen LogP contribution in [0.3, 0.4) is 0 Å². The van der Waals surface area contributed by atoms with E-state index in [0.717, 1.165) is 24.4 Å². The molecule has 1 aliphatic carbocycles. The first kappa shape index (κ1) is 13.0. The monoisotopic (exact) mass is 299 g/mol. The summed E-state index contributed by atoms with van der Waals surface area (Å²) in [6, 6.07) is 5.74. The smallest absolute Gasteiger partial charge is 0.137 e. The molecule has 1 aromatic carbocycles. The van der Waals surface area contributed by atoms with E-state index in [1.54, 1.807) is 12.1 Å². The Bertz CT molecular complexity index is 376. The van der Waals surface area contributed by atoms with E-state index in [4.69, 9.17) is 0 Å². The number of hydrogen-bond acceptors (Lipinski definition) is 1. The maximum absolute atomic E-state index is 13.5. The van der Waals surface area contributed by atoms with Crippen molar-refractivity contribution in [3.05, 3.63) is 34.1 Å². The van der Waals surface area contributed by atoms with Crippen LogP contribution in [0.4, 0.5) is 4.39 Å². The number of benzene rings is 1. The van der Waals surface area contributed by atoms with Crippen LogP contribution in [0.25, 0.3) is 0 Å². The molecule has 0 aliphatic heterocycles. The molecule has 0 saturated heterocycles. The Kier molecular flexibility index (Phi) is 4.57. The van der Waals surface area contributed by atoms with Crippen molar-refractivity contribution in [3.8, 4) is 0 Å². The average Bonchev–Trinajstić information content (AvgIpc) is 3.12. The highest BCUT2D eigenvalue weighted by Gasteiger charge is 2.23. The first-order valence-electron chi connectivity index (χ1n) is 6.39. The van der Waals surface area contributed by atoms with E-state index in [-0.39, 0.29) is 5.82 Å². The SMILES string of the molecule is CCNC(CCC1CC1)c1ccc(Br)c(F)c1. The molecule has 0 spiro atoms. The minimum Gasteiger partial charge on any atom is -0.310 e. The van der Waals surface area contributed by atoms with Gasteiger partial charge < -0.3 is 5.32 Å². The van der Waals surface area contributed by atoms with Crippen molar-refractivity contribution >= 4 is 15.9 Å². The normalized spacial score (nSPS) is 17.1. The fraction of sp³-hybridized carbons (Fsp3) is 0.571. The van der Waals surface area contributed by atoms with E-state index in [2.05, 4.69) is 28.2 Å². The third kappa shape index (κ3) is 3.78. The van der Waals surface area contributed by atoms with Crippen LogP contribution < -0.4 is 5.32 Å². The van der Waals surface area contributed by atoms with E-state index in [1.165, 1.54) is 19.3 Å². The molecule has 1 atom stereocenters. The summed E-state index contributed by atoms with van der Waals surface area (Å²) in [5.74, 6) is 0.758. The molecule has 94 valence electrons. The second-order valence-electron chi connectivity index (χ2n) is 4.80. The topological polar surface area (TPSA) is 12.0 Å².